The van der Waals surface area contributed by atoms with Crippen molar-refractivity contribution in [1.82, 2.24) is 5.32 Å². The number of imide groups is 2. The van der Waals surface area contributed by atoms with Gasteiger partial charge in [0, 0.05) is 6.07 Å². The molecule has 2 aromatic carbocycles. The number of anilines is 1. The number of carbonyl (C=O) groups excluding carboxylic acids is 3. The number of hydrogen-bond acceptors (Lipinski definition) is 7. The molecular formula is C23H21BrN2O7. The first kappa shape index (κ1) is 22.7. The fourth-order valence-corrected chi connectivity index (χ4v) is 3.86. The summed E-state index contributed by atoms with van der Waals surface area (Å²) in [6, 6.07) is 7.15. The standard InChI is InChI=1S/C23H21BrN2O7/c1-4-12(2)33-20-16(24)8-13(9-19(20)30-3)7-15-21(27)25-23(29)26(22(15)28)14-5-6-17-18(10-14)32-11-31-17/h5-10,12H,4,11H2,1-3H3,(H,25,27,29)/b15-7+/t12-/m1/s1. The molecule has 10 heteroatoms. The summed E-state index contributed by atoms with van der Waals surface area (Å²) in [7, 11) is 1.50. The first-order valence-electron chi connectivity index (χ1n) is 10.2. The Morgan fingerprint density at radius 1 is 1.18 bits per heavy atom. The van der Waals surface area contributed by atoms with Gasteiger partial charge in [-0.1, -0.05) is 6.92 Å². The van der Waals surface area contributed by atoms with Crippen LogP contribution in [0.25, 0.3) is 6.08 Å². The van der Waals surface area contributed by atoms with Crippen LogP contribution in [0.2, 0.25) is 0 Å². The third-order valence-electron chi connectivity index (χ3n) is 5.17. The zero-order valence-corrected chi connectivity index (χ0v) is 19.7. The van der Waals surface area contributed by atoms with Crippen LogP contribution in [0.1, 0.15) is 25.8 Å². The normalized spacial score (nSPS) is 17.3. The minimum atomic E-state index is -0.850. The molecule has 2 aliphatic heterocycles. The van der Waals surface area contributed by atoms with Gasteiger partial charge in [-0.2, -0.15) is 0 Å². The largest absolute Gasteiger partial charge is 0.493 e. The Morgan fingerprint density at radius 3 is 2.67 bits per heavy atom. The number of barbiturate groups is 1. The minimum Gasteiger partial charge on any atom is -0.493 e. The van der Waals surface area contributed by atoms with Gasteiger partial charge in [0.1, 0.15) is 5.57 Å². The van der Waals surface area contributed by atoms with Crippen molar-refractivity contribution < 1.29 is 33.3 Å². The van der Waals surface area contributed by atoms with Crippen LogP contribution in [0.5, 0.6) is 23.0 Å². The third kappa shape index (κ3) is 4.38. The summed E-state index contributed by atoms with van der Waals surface area (Å²) in [5.74, 6) is 0.303. The summed E-state index contributed by atoms with van der Waals surface area (Å²) < 4.78 is 22.6. The maximum Gasteiger partial charge on any atom is 0.335 e. The Kier molecular flexibility index (Phi) is 6.28. The van der Waals surface area contributed by atoms with Gasteiger partial charge >= 0.3 is 6.03 Å². The van der Waals surface area contributed by atoms with E-state index in [4.69, 9.17) is 18.9 Å². The van der Waals surface area contributed by atoms with E-state index in [1.54, 1.807) is 24.3 Å². The highest BCUT2D eigenvalue weighted by molar-refractivity contribution is 9.10. The van der Waals surface area contributed by atoms with E-state index in [-0.39, 0.29) is 24.2 Å². The number of nitrogens with one attached hydrogen (secondary N) is 1. The van der Waals surface area contributed by atoms with Crippen LogP contribution in [0.3, 0.4) is 0 Å². The number of halogens is 1. The molecule has 4 amide bonds. The first-order valence-corrected chi connectivity index (χ1v) is 11.0. The summed E-state index contributed by atoms with van der Waals surface area (Å²) in [6.07, 6.45) is 2.16. The van der Waals surface area contributed by atoms with Gasteiger partial charge in [0.2, 0.25) is 6.79 Å². The second kappa shape index (κ2) is 9.14. The van der Waals surface area contributed by atoms with Gasteiger partial charge in [-0.3, -0.25) is 14.9 Å². The molecule has 33 heavy (non-hydrogen) atoms. The molecule has 2 aromatic rings. The van der Waals surface area contributed by atoms with Gasteiger partial charge in [0.25, 0.3) is 11.8 Å². The van der Waals surface area contributed by atoms with Crippen molar-refractivity contribution in [2.75, 3.05) is 18.8 Å². The number of carbonyl (C=O) groups is 3. The number of urea groups is 1. The SMILES string of the molecule is CC[C@@H](C)Oc1c(Br)cc(/C=C2\C(=O)NC(=O)N(c3ccc4c(c3)OCO4)C2=O)cc1OC. The fourth-order valence-electron chi connectivity index (χ4n) is 3.30. The van der Waals surface area contributed by atoms with Crippen molar-refractivity contribution in [2.45, 2.75) is 26.4 Å². The quantitative estimate of drug-likeness (QED) is 0.456. The highest BCUT2D eigenvalue weighted by Crippen LogP contribution is 2.39. The molecule has 172 valence electrons. The number of amides is 4. The second-order valence-corrected chi connectivity index (χ2v) is 8.22. The van der Waals surface area contributed by atoms with Crippen molar-refractivity contribution in [3.8, 4) is 23.0 Å². The highest BCUT2D eigenvalue weighted by atomic mass is 79.9. The Labute approximate surface area is 198 Å². The molecule has 2 aliphatic rings. The Morgan fingerprint density at radius 2 is 1.94 bits per heavy atom. The van der Waals surface area contributed by atoms with Crippen LogP contribution in [0.15, 0.2) is 40.4 Å². The average molecular weight is 517 g/mol. The van der Waals surface area contributed by atoms with Crippen molar-refractivity contribution in [3.63, 3.8) is 0 Å². The lowest BCUT2D eigenvalue weighted by molar-refractivity contribution is -0.122. The number of hydrogen-bond donors (Lipinski definition) is 1. The van der Waals surface area contributed by atoms with Crippen molar-refractivity contribution in [3.05, 3.63) is 45.9 Å². The Bertz CT molecular complexity index is 1180. The Hall–Kier alpha value is -3.53. The maximum absolute atomic E-state index is 13.2. The molecule has 0 bridgehead atoms. The maximum atomic E-state index is 13.2. The zero-order chi connectivity index (χ0) is 23.7. The van der Waals surface area contributed by atoms with Crippen LogP contribution < -0.4 is 29.2 Å². The smallest absolute Gasteiger partial charge is 0.335 e. The summed E-state index contributed by atoms with van der Waals surface area (Å²) in [5.41, 5.74) is 0.543. The monoisotopic (exact) mass is 516 g/mol. The Balaban J connectivity index is 1.70. The number of rotatable bonds is 6. The molecule has 1 saturated heterocycles. The fraction of sp³-hybridized carbons (Fsp3) is 0.261. The van der Waals surface area contributed by atoms with E-state index in [2.05, 4.69) is 21.2 Å². The van der Waals surface area contributed by atoms with Gasteiger partial charge in [-0.05, 0) is 65.2 Å². The van der Waals surface area contributed by atoms with Gasteiger partial charge in [0.05, 0.1) is 23.4 Å². The number of benzene rings is 2. The molecule has 2 heterocycles. The minimum absolute atomic E-state index is 0.0358. The molecule has 0 unspecified atom stereocenters. The molecule has 0 spiro atoms. The van der Waals surface area contributed by atoms with Gasteiger partial charge in [0.15, 0.2) is 23.0 Å². The first-order chi connectivity index (χ1) is 15.8. The molecule has 0 aliphatic carbocycles. The molecule has 0 saturated carbocycles. The molecule has 9 nitrogen and oxygen atoms in total. The lowest BCUT2D eigenvalue weighted by Gasteiger charge is -2.26. The van der Waals surface area contributed by atoms with Crippen molar-refractivity contribution >= 4 is 45.5 Å². The lowest BCUT2D eigenvalue weighted by Crippen LogP contribution is -2.54. The molecule has 0 radical (unpaired) electrons. The number of ether oxygens (including phenoxy) is 4. The van der Waals surface area contributed by atoms with Crippen LogP contribution in [-0.2, 0) is 9.59 Å². The van der Waals surface area contributed by atoms with E-state index in [0.717, 1.165) is 11.3 Å². The van der Waals surface area contributed by atoms with Crippen LogP contribution in [-0.4, -0.2) is 37.9 Å². The van der Waals surface area contributed by atoms with Crippen LogP contribution >= 0.6 is 15.9 Å². The van der Waals surface area contributed by atoms with Gasteiger partial charge in [-0.15, -0.1) is 0 Å². The van der Waals surface area contributed by atoms with Crippen LogP contribution in [0, 0.1) is 0 Å². The predicted octanol–water partition coefficient (Wildman–Crippen LogP) is 4.03. The van der Waals surface area contributed by atoms with E-state index < -0.39 is 17.8 Å². The highest BCUT2D eigenvalue weighted by Gasteiger charge is 2.37. The third-order valence-corrected chi connectivity index (χ3v) is 5.76. The summed E-state index contributed by atoms with van der Waals surface area (Å²) in [6.45, 7) is 3.99. The van der Waals surface area contributed by atoms with Crippen molar-refractivity contribution in [1.29, 1.82) is 0 Å². The summed E-state index contributed by atoms with van der Waals surface area (Å²) >= 11 is 3.47. The molecule has 0 aromatic heterocycles. The summed E-state index contributed by atoms with van der Waals surface area (Å²) in [5, 5.41) is 2.20. The number of methoxy groups -OCH3 is 1. The predicted molar refractivity (Wildman–Crippen MR) is 123 cm³/mol. The lowest BCUT2D eigenvalue weighted by atomic mass is 10.1. The number of nitrogens with zero attached hydrogens (tertiary/aromatic N) is 1. The number of fused-ring (bicyclic) bond motifs is 1. The van der Waals surface area contributed by atoms with E-state index in [1.807, 2.05) is 13.8 Å². The van der Waals surface area contributed by atoms with Gasteiger partial charge in [-0.25, -0.2) is 9.69 Å². The zero-order valence-electron chi connectivity index (χ0n) is 18.1. The van der Waals surface area contributed by atoms with E-state index in [9.17, 15) is 14.4 Å². The van der Waals surface area contributed by atoms with Crippen molar-refractivity contribution in [2.24, 2.45) is 0 Å². The molecule has 1 N–H and O–H groups in total. The molecule has 1 fully saturated rings. The van der Waals surface area contributed by atoms with E-state index in [0.29, 0.717) is 33.0 Å². The average Bonchev–Trinajstić information content (AvgIpc) is 3.26. The summed E-state index contributed by atoms with van der Waals surface area (Å²) in [4.78, 5) is 39.0. The van der Waals surface area contributed by atoms with Gasteiger partial charge < -0.3 is 18.9 Å². The van der Waals surface area contributed by atoms with E-state index in [1.165, 1.54) is 19.3 Å². The molecule has 4 rings (SSSR count). The molecular weight excluding hydrogens is 496 g/mol. The molecule has 1 atom stereocenters. The second-order valence-electron chi connectivity index (χ2n) is 7.37. The van der Waals surface area contributed by atoms with E-state index >= 15 is 0 Å². The van der Waals surface area contributed by atoms with Crippen LogP contribution in [0.4, 0.5) is 10.5 Å². The topological polar surface area (TPSA) is 103 Å².